The van der Waals surface area contributed by atoms with E-state index in [-0.39, 0.29) is 23.0 Å². The second-order valence-corrected chi connectivity index (χ2v) is 11.9. The smallest absolute Gasteiger partial charge is 0.339 e. The molecular weight excluding hydrogens is 491 g/mol. The molecule has 196 valence electrons. The average Bonchev–Trinajstić information content (AvgIpc) is 2.86. The van der Waals surface area contributed by atoms with E-state index >= 15 is 0 Å². The minimum absolute atomic E-state index is 0.00986. The van der Waals surface area contributed by atoms with Crippen LogP contribution < -0.4 is 10.6 Å². The summed E-state index contributed by atoms with van der Waals surface area (Å²) >= 11 is 1.32. The normalized spacial score (nSPS) is 25.5. The number of esters is 1. The summed E-state index contributed by atoms with van der Waals surface area (Å²) < 4.78 is 18.2. The van der Waals surface area contributed by atoms with E-state index in [9.17, 15) is 18.8 Å². The lowest BCUT2D eigenvalue weighted by Crippen LogP contribution is -2.60. The Bertz CT molecular complexity index is 1120. The molecule has 2 aromatic rings. The van der Waals surface area contributed by atoms with E-state index in [1.54, 1.807) is 30.3 Å². The van der Waals surface area contributed by atoms with Crippen LogP contribution in [0, 0.1) is 23.6 Å². The van der Waals surface area contributed by atoms with Gasteiger partial charge in [0, 0.05) is 17.0 Å². The lowest BCUT2D eigenvalue weighted by molar-refractivity contribution is -0.125. The lowest BCUT2D eigenvalue weighted by Gasteiger charge is -2.56. The van der Waals surface area contributed by atoms with E-state index in [0.717, 1.165) is 42.6 Å². The van der Waals surface area contributed by atoms with Gasteiger partial charge in [-0.05, 0) is 92.5 Å². The van der Waals surface area contributed by atoms with Crippen LogP contribution in [0.1, 0.15) is 54.4 Å². The highest BCUT2D eigenvalue weighted by molar-refractivity contribution is 8.00. The molecule has 37 heavy (non-hydrogen) atoms. The highest BCUT2D eigenvalue weighted by atomic mass is 32.2. The van der Waals surface area contributed by atoms with Crippen LogP contribution in [-0.4, -0.2) is 42.2 Å². The third-order valence-electron chi connectivity index (χ3n) is 7.89. The minimum Gasteiger partial charge on any atom is -0.452 e. The number of carbonyl (C=O) groups excluding carboxylic acids is 3. The van der Waals surface area contributed by atoms with E-state index in [1.807, 2.05) is 6.07 Å². The van der Waals surface area contributed by atoms with Crippen LogP contribution in [0.15, 0.2) is 53.4 Å². The molecule has 6 rings (SSSR count). The summed E-state index contributed by atoms with van der Waals surface area (Å²) in [5.41, 5.74) is 1.21. The van der Waals surface area contributed by atoms with Crippen molar-refractivity contribution in [3.63, 3.8) is 0 Å². The first-order valence-corrected chi connectivity index (χ1v) is 14.1. The maximum atomic E-state index is 13.0. The van der Waals surface area contributed by atoms with Crippen molar-refractivity contribution in [3.8, 4) is 0 Å². The summed E-state index contributed by atoms with van der Waals surface area (Å²) in [6.45, 7) is -0.0406. The number of benzene rings is 2. The number of carbonyl (C=O) groups is 3. The van der Waals surface area contributed by atoms with Crippen molar-refractivity contribution in [3.05, 3.63) is 65.5 Å². The van der Waals surface area contributed by atoms with Crippen LogP contribution in [0.2, 0.25) is 0 Å². The van der Waals surface area contributed by atoms with Crippen molar-refractivity contribution in [2.24, 2.45) is 17.8 Å². The van der Waals surface area contributed by atoms with E-state index in [2.05, 4.69) is 10.6 Å². The molecule has 0 aromatic heterocycles. The fourth-order valence-electron chi connectivity index (χ4n) is 6.76. The molecule has 4 aliphatic rings. The van der Waals surface area contributed by atoms with Crippen molar-refractivity contribution in [2.45, 2.75) is 55.4 Å². The maximum absolute atomic E-state index is 13.0. The van der Waals surface area contributed by atoms with Crippen LogP contribution in [0.5, 0.6) is 0 Å². The van der Waals surface area contributed by atoms with Crippen molar-refractivity contribution in [2.75, 3.05) is 18.9 Å². The van der Waals surface area contributed by atoms with Crippen LogP contribution >= 0.6 is 11.8 Å². The lowest BCUT2D eigenvalue weighted by atomic mass is 9.53. The van der Waals surface area contributed by atoms with Crippen LogP contribution in [-0.2, 0) is 20.7 Å². The van der Waals surface area contributed by atoms with Gasteiger partial charge in [-0.2, -0.15) is 0 Å². The zero-order chi connectivity index (χ0) is 25.8. The molecule has 2 aromatic carbocycles. The molecule has 4 saturated carbocycles. The topological polar surface area (TPSA) is 84.5 Å². The third-order valence-corrected chi connectivity index (χ3v) is 8.97. The molecule has 4 aliphatic carbocycles. The highest BCUT2D eigenvalue weighted by Crippen LogP contribution is 2.55. The highest BCUT2D eigenvalue weighted by Gasteiger charge is 2.51. The predicted molar refractivity (Wildman–Crippen MR) is 140 cm³/mol. The second kappa shape index (κ2) is 11.3. The first kappa shape index (κ1) is 25.8. The minimum atomic E-state index is -0.599. The Labute approximate surface area is 221 Å². The average molecular weight is 525 g/mol. The summed E-state index contributed by atoms with van der Waals surface area (Å²) in [4.78, 5) is 38.4. The Balaban J connectivity index is 1.07. The van der Waals surface area contributed by atoms with E-state index in [4.69, 9.17) is 4.74 Å². The van der Waals surface area contributed by atoms with Gasteiger partial charge in [-0.25, -0.2) is 9.18 Å². The van der Waals surface area contributed by atoms with Gasteiger partial charge in [0.25, 0.3) is 5.91 Å². The van der Waals surface area contributed by atoms with E-state index < -0.39 is 18.5 Å². The summed E-state index contributed by atoms with van der Waals surface area (Å²) in [5, 5.41) is 6.07. The number of halogens is 1. The summed E-state index contributed by atoms with van der Waals surface area (Å²) in [6, 6.07) is 13.1. The first-order valence-electron chi connectivity index (χ1n) is 13.1. The monoisotopic (exact) mass is 524 g/mol. The number of thioether (sulfide) groups is 1. The van der Waals surface area contributed by atoms with Crippen molar-refractivity contribution >= 4 is 29.5 Å². The second-order valence-electron chi connectivity index (χ2n) is 10.8. The van der Waals surface area contributed by atoms with Crippen LogP contribution in [0.25, 0.3) is 0 Å². The molecule has 0 heterocycles. The Kier molecular flexibility index (Phi) is 7.84. The predicted octanol–water partition coefficient (Wildman–Crippen LogP) is 4.52. The zero-order valence-corrected chi connectivity index (χ0v) is 21.7. The van der Waals surface area contributed by atoms with Crippen molar-refractivity contribution < 1.29 is 23.5 Å². The van der Waals surface area contributed by atoms with Gasteiger partial charge in [0.05, 0.1) is 11.3 Å². The van der Waals surface area contributed by atoms with Gasteiger partial charge >= 0.3 is 5.97 Å². The molecule has 4 bridgehead atoms. The number of amides is 2. The molecule has 0 aliphatic heterocycles. The van der Waals surface area contributed by atoms with Gasteiger partial charge in [-0.15, -0.1) is 11.8 Å². The summed E-state index contributed by atoms with van der Waals surface area (Å²) in [5.74, 6) is 1.21. The van der Waals surface area contributed by atoms with E-state index in [1.165, 1.54) is 43.2 Å². The van der Waals surface area contributed by atoms with Crippen LogP contribution in [0.3, 0.4) is 0 Å². The molecule has 0 atom stereocenters. The molecule has 0 radical (unpaired) electrons. The molecule has 0 saturated heterocycles. The van der Waals surface area contributed by atoms with E-state index in [0.29, 0.717) is 23.4 Å². The van der Waals surface area contributed by atoms with Crippen LogP contribution in [0.4, 0.5) is 4.39 Å². The Morgan fingerprint density at radius 1 is 0.919 bits per heavy atom. The molecule has 0 unspecified atom stereocenters. The molecule has 4 fully saturated rings. The van der Waals surface area contributed by atoms with Gasteiger partial charge in [0.1, 0.15) is 5.82 Å². The number of nitrogens with one attached hydrogen (secondary N) is 2. The Hall–Kier alpha value is -2.87. The Morgan fingerprint density at radius 3 is 2.24 bits per heavy atom. The number of hydrogen-bond acceptors (Lipinski definition) is 5. The summed E-state index contributed by atoms with van der Waals surface area (Å²) in [7, 11) is 0. The molecule has 0 spiro atoms. The van der Waals surface area contributed by atoms with Gasteiger partial charge in [0.2, 0.25) is 5.91 Å². The van der Waals surface area contributed by atoms with Crippen molar-refractivity contribution in [1.29, 1.82) is 0 Å². The fraction of sp³-hybridized carbons (Fsp3) is 0.483. The molecular formula is C29H33FN2O4S. The fourth-order valence-corrected chi connectivity index (χ4v) is 7.60. The molecule has 2 amide bonds. The van der Waals surface area contributed by atoms with Gasteiger partial charge in [-0.3, -0.25) is 9.59 Å². The van der Waals surface area contributed by atoms with Gasteiger partial charge in [0.15, 0.2) is 6.61 Å². The molecule has 8 heteroatoms. The standard InChI is InChI=1S/C29H33FN2O4S/c30-23-7-5-19(6-8-23)9-10-31-26(33)17-36-28(35)24-3-1-2-4-25(24)37-18-27(34)32-29-14-20-11-21(15-29)13-22(12-20)16-29/h1-8,20-22H,9-18H2,(H,31,33)(H,32,34). The number of hydrogen-bond donors (Lipinski definition) is 2. The molecule has 2 N–H and O–H groups in total. The number of rotatable bonds is 10. The van der Waals surface area contributed by atoms with Crippen molar-refractivity contribution in [1.82, 2.24) is 10.6 Å². The molecule has 6 nitrogen and oxygen atoms in total. The number of ether oxygens (including phenoxy) is 1. The zero-order valence-electron chi connectivity index (χ0n) is 20.8. The van der Waals surface area contributed by atoms with Gasteiger partial charge in [-0.1, -0.05) is 24.3 Å². The van der Waals surface area contributed by atoms with Gasteiger partial charge < -0.3 is 15.4 Å². The Morgan fingerprint density at radius 2 is 1.57 bits per heavy atom. The largest absolute Gasteiger partial charge is 0.452 e. The summed E-state index contributed by atoms with van der Waals surface area (Å²) in [6.07, 6.45) is 7.83. The quantitative estimate of drug-likeness (QED) is 0.353. The third kappa shape index (κ3) is 6.53. The SMILES string of the molecule is O=C(COC(=O)c1ccccc1SCC(=O)NC12CC3CC(CC(C3)C1)C2)NCCc1ccc(F)cc1. The maximum Gasteiger partial charge on any atom is 0.339 e. The first-order chi connectivity index (χ1) is 17.9.